The van der Waals surface area contributed by atoms with Gasteiger partial charge in [-0.15, -0.1) is 0 Å². The third-order valence-corrected chi connectivity index (χ3v) is 5.09. The molecule has 5 heteroatoms. The summed E-state index contributed by atoms with van der Waals surface area (Å²) in [5.41, 5.74) is 2.50. The molecule has 0 radical (unpaired) electrons. The van der Waals surface area contributed by atoms with Crippen LogP contribution in [0.15, 0.2) is 34.9 Å². The Kier molecular flexibility index (Phi) is 7.17. The molecule has 0 saturated carbocycles. The monoisotopic (exact) mass is 374 g/mol. The van der Waals surface area contributed by atoms with E-state index in [0.717, 1.165) is 24.0 Å². The SMILES string of the molecule is CC(=O)O[C@H]1C/C(C)=C\CC/C(C)=C/C(=O)CC2=C[C@H](OC2=O)[C@H]1C(C)C. The predicted octanol–water partition coefficient (Wildman–Crippen LogP) is 4.08. The lowest BCUT2D eigenvalue weighted by Gasteiger charge is -2.33. The molecule has 3 atom stereocenters. The number of carbonyl (C=O) groups is 3. The molecule has 0 fully saturated rings. The van der Waals surface area contributed by atoms with Gasteiger partial charge in [0.25, 0.3) is 0 Å². The van der Waals surface area contributed by atoms with E-state index in [2.05, 4.69) is 6.08 Å². The van der Waals surface area contributed by atoms with Crippen LogP contribution in [0.3, 0.4) is 0 Å². The van der Waals surface area contributed by atoms with Gasteiger partial charge in [0.15, 0.2) is 5.78 Å². The minimum Gasteiger partial charge on any atom is -0.462 e. The molecule has 0 N–H and O–H groups in total. The number of carbonyl (C=O) groups excluding carboxylic acids is 3. The zero-order valence-corrected chi connectivity index (χ0v) is 16.9. The number of hydrogen-bond donors (Lipinski definition) is 0. The second-order valence-corrected chi connectivity index (χ2v) is 7.96. The van der Waals surface area contributed by atoms with Crippen LogP contribution in [-0.4, -0.2) is 29.9 Å². The number of esters is 2. The third-order valence-electron chi connectivity index (χ3n) is 5.09. The van der Waals surface area contributed by atoms with E-state index in [1.54, 1.807) is 12.2 Å². The molecule has 0 spiro atoms. The minimum atomic E-state index is -0.495. The average molecular weight is 374 g/mol. The van der Waals surface area contributed by atoms with Crippen LogP contribution in [0.2, 0.25) is 0 Å². The average Bonchev–Trinajstić information content (AvgIpc) is 2.85. The maximum Gasteiger partial charge on any atom is 0.334 e. The van der Waals surface area contributed by atoms with Crippen LogP contribution in [0.4, 0.5) is 0 Å². The van der Waals surface area contributed by atoms with Crippen molar-refractivity contribution in [3.63, 3.8) is 0 Å². The molecule has 2 aliphatic rings. The van der Waals surface area contributed by atoms with Crippen molar-refractivity contribution >= 4 is 17.7 Å². The summed E-state index contributed by atoms with van der Waals surface area (Å²) in [6, 6.07) is 0. The molecule has 1 aliphatic carbocycles. The summed E-state index contributed by atoms with van der Waals surface area (Å²) in [6.07, 6.45) is 6.86. The Morgan fingerprint density at radius 1 is 1.22 bits per heavy atom. The molecule has 0 unspecified atom stereocenters. The molecule has 0 amide bonds. The topological polar surface area (TPSA) is 69.7 Å². The maximum absolute atomic E-state index is 12.3. The van der Waals surface area contributed by atoms with Crippen molar-refractivity contribution in [1.29, 1.82) is 0 Å². The number of ketones is 1. The largest absolute Gasteiger partial charge is 0.462 e. The Bertz CT molecular complexity index is 695. The zero-order valence-electron chi connectivity index (χ0n) is 16.9. The Balaban J connectivity index is 2.43. The summed E-state index contributed by atoms with van der Waals surface area (Å²) in [5.74, 6) is -0.933. The van der Waals surface area contributed by atoms with Crippen LogP contribution >= 0.6 is 0 Å². The van der Waals surface area contributed by atoms with Gasteiger partial charge in [0.2, 0.25) is 0 Å². The highest BCUT2D eigenvalue weighted by molar-refractivity contribution is 6.01. The smallest absolute Gasteiger partial charge is 0.334 e. The van der Waals surface area contributed by atoms with E-state index in [-0.39, 0.29) is 36.1 Å². The molecule has 0 aromatic carbocycles. The Morgan fingerprint density at radius 2 is 1.93 bits per heavy atom. The van der Waals surface area contributed by atoms with Crippen LogP contribution in [0.25, 0.3) is 0 Å². The minimum absolute atomic E-state index is 0.0462. The molecular formula is C22H30O5. The molecule has 1 aliphatic heterocycles. The van der Waals surface area contributed by atoms with Crippen molar-refractivity contribution in [3.8, 4) is 0 Å². The van der Waals surface area contributed by atoms with Gasteiger partial charge in [-0.2, -0.15) is 0 Å². The number of ether oxygens (including phenoxy) is 2. The van der Waals surface area contributed by atoms with Crippen LogP contribution in [0.1, 0.15) is 60.3 Å². The van der Waals surface area contributed by atoms with Crippen molar-refractivity contribution in [1.82, 2.24) is 0 Å². The summed E-state index contributed by atoms with van der Waals surface area (Å²) in [6.45, 7) is 9.40. The Hall–Kier alpha value is -2.17. The zero-order chi connectivity index (χ0) is 20.1. The second-order valence-electron chi connectivity index (χ2n) is 7.96. The van der Waals surface area contributed by atoms with Gasteiger partial charge in [0.05, 0.1) is 0 Å². The van der Waals surface area contributed by atoms with Gasteiger partial charge < -0.3 is 9.47 Å². The molecule has 0 saturated heterocycles. The van der Waals surface area contributed by atoms with Crippen molar-refractivity contribution in [2.24, 2.45) is 11.8 Å². The van der Waals surface area contributed by atoms with Crippen molar-refractivity contribution in [2.75, 3.05) is 0 Å². The standard InChI is InChI=1S/C22H30O5/c1-13(2)21-19(26-16(5)23)10-15(4)8-6-7-14(3)9-18(24)11-17-12-20(21)27-22(17)25/h8-9,12-13,19-21H,6-7,10-11H2,1-5H3/b14-9+,15-8-/t19-,20-,21-/m0/s1. The molecular weight excluding hydrogens is 344 g/mol. The summed E-state index contributed by atoms with van der Waals surface area (Å²) in [7, 11) is 0. The van der Waals surface area contributed by atoms with Crippen molar-refractivity contribution < 1.29 is 23.9 Å². The summed E-state index contributed by atoms with van der Waals surface area (Å²) < 4.78 is 11.2. The fourth-order valence-electron chi connectivity index (χ4n) is 3.84. The van der Waals surface area contributed by atoms with Crippen LogP contribution in [-0.2, 0) is 23.9 Å². The fraction of sp³-hybridized carbons (Fsp3) is 0.591. The van der Waals surface area contributed by atoms with Crippen LogP contribution < -0.4 is 0 Å². The second kappa shape index (κ2) is 9.16. The maximum atomic E-state index is 12.3. The molecule has 0 aromatic rings. The lowest BCUT2D eigenvalue weighted by atomic mass is 9.82. The van der Waals surface area contributed by atoms with Gasteiger partial charge in [0, 0.05) is 31.3 Å². The molecule has 148 valence electrons. The summed E-state index contributed by atoms with van der Waals surface area (Å²) in [5, 5.41) is 0. The van der Waals surface area contributed by atoms with E-state index >= 15 is 0 Å². The summed E-state index contributed by atoms with van der Waals surface area (Å²) in [4.78, 5) is 36.3. The molecule has 5 nitrogen and oxygen atoms in total. The number of allylic oxidation sites excluding steroid dienone is 3. The summed E-state index contributed by atoms with van der Waals surface area (Å²) >= 11 is 0. The highest BCUT2D eigenvalue weighted by atomic mass is 16.6. The molecule has 1 heterocycles. The van der Waals surface area contributed by atoms with E-state index in [1.165, 1.54) is 6.92 Å². The van der Waals surface area contributed by atoms with Gasteiger partial charge in [-0.05, 0) is 44.8 Å². The first-order valence-corrected chi connectivity index (χ1v) is 9.62. The van der Waals surface area contributed by atoms with E-state index in [0.29, 0.717) is 12.0 Å². The van der Waals surface area contributed by atoms with E-state index in [9.17, 15) is 14.4 Å². The molecule has 2 rings (SSSR count). The third kappa shape index (κ3) is 5.91. The van der Waals surface area contributed by atoms with Gasteiger partial charge in [-0.3, -0.25) is 9.59 Å². The van der Waals surface area contributed by atoms with Gasteiger partial charge >= 0.3 is 11.9 Å². The van der Waals surface area contributed by atoms with Gasteiger partial charge in [0.1, 0.15) is 12.2 Å². The molecule has 27 heavy (non-hydrogen) atoms. The predicted molar refractivity (Wildman–Crippen MR) is 103 cm³/mol. The van der Waals surface area contributed by atoms with E-state index < -0.39 is 12.1 Å². The Morgan fingerprint density at radius 3 is 2.56 bits per heavy atom. The highest BCUT2D eigenvalue weighted by Crippen LogP contribution is 2.34. The first kappa shape index (κ1) is 21.1. The first-order chi connectivity index (χ1) is 12.7. The van der Waals surface area contributed by atoms with E-state index in [4.69, 9.17) is 9.47 Å². The van der Waals surface area contributed by atoms with Crippen LogP contribution in [0, 0.1) is 11.8 Å². The van der Waals surface area contributed by atoms with Crippen LogP contribution in [0.5, 0.6) is 0 Å². The lowest BCUT2D eigenvalue weighted by molar-refractivity contribution is -0.156. The number of rotatable bonds is 2. The van der Waals surface area contributed by atoms with Crippen molar-refractivity contribution in [2.45, 2.75) is 72.5 Å². The highest BCUT2D eigenvalue weighted by Gasteiger charge is 2.39. The van der Waals surface area contributed by atoms with Crippen molar-refractivity contribution in [3.05, 3.63) is 34.9 Å². The number of fused-ring (bicyclic) bond motifs is 1. The molecule has 2 bridgehead atoms. The molecule has 0 aromatic heterocycles. The number of hydrogen-bond acceptors (Lipinski definition) is 5. The normalized spacial score (nSPS) is 31.2. The quantitative estimate of drug-likeness (QED) is 0.538. The van der Waals surface area contributed by atoms with Gasteiger partial charge in [-0.25, -0.2) is 4.79 Å². The Labute approximate surface area is 161 Å². The fourth-order valence-corrected chi connectivity index (χ4v) is 3.84. The first-order valence-electron chi connectivity index (χ1n) is 9.62. The van der Waals surface area contributed by atoms with E-state index in [1.807, 2.05) is 27.7 Å². The lowest BCUT2D eigenvalue weighted by Crippen LogP contribution is -2.38. The van der Waals surface area contributed by atoms with Gasteiger partial charge in [-0.1, -0.05) is 31.1 Å².